The molecule has 0 N–H and O–H groups in total. The minimum absolute atomic E-state index is 0.0764. The molecular weight excluding hydrogens is 258 g/mol. The molecule has 1 heterocycles. The van der Waals surface area contributed by atoms with Crippen LogP contribution in [-0.4, -0.2) is 38.3 Å². The van der Waals surface area contributed by atoms with Gasteiger partial charge in [0, 0.05) is 7.05 Å². The topological polar surface area (TPSA) is 20.3 Å². The molecule has 1 atom stereocenters. The van der Waals surface area contributed by atoms with Gasteiger partial charge in [0.1, 0.15) is 7.98 Å². The van der Waals surface area contributed by atoms with Gasteiger partial charge in [0.25, 0.3) is 5.91 Å². The highest BCUT2D eigenvalue weighted by molar-refractivity contribution is 9.13. The van der Waals surface area contributed by atoms with Crippen molar-refractivity contribution in [2.24, 2.45) is 0 Å². The molecule has 1 rings (SSSR count). The summed E-state index contributed by atoms with van der Waals surface area (Å²) in [6.07, 6.45) is 4.12. The summed E-state index contributed by atoms with van der Waals surface area (Å²) in [7, 11) is 0.565. The number of nitrogens with zero attached hydrogens (tertiary/aromatic N) is 1. The number of carbonyl (C=O) groups is 1. The van der Waals surface area contributed by atoms with Crippen LogP contribution in [0.5, 0.6) is 0 Å². The van der Waals surface area contributed by atoms with Crippen LogP contribution in [0.25, 0.3) is 0 Å². The molecule has 0 bridgehead atoms. The maximum Gasteiger partial charge on any atom is 0.253 e. The van der Waals surface area contributed by atoms with E-state index in [1.54, 1.807) is 11.9 Å². The van der Waals surface area contributed by atoms with E-state index in [4.69, 9.17) is 12.2 Å². The molecule has 70 valence electrons. The molecule has 5 heteroatoms. The van der Waals surface area contributed by atoms with E-state index in [0.717, 1.165) is 4.32 Å². The lowest BCUT2D eigenvalue weighted by Gasteiger charge is -2.34. The van der Waals surface area contributed by atoms with Gasteiger partial charge in [-0.15, -0.1) is 0 Å². The Labute approximate surface area is 88.1 Å². The van der Waals surface area contributed by atoms with Crippen LogP contribution in [0.3, 0.4) is 0 Å². The van der Waals surface area contributed by atoms with E-state index < -0.39 is 13.7 Å². The van der Waals surface area contributed by atoms with Crippen LogP contribution in [0.15, 0.2) is 0 Å². The van der Waals surface area contributed by atoms with Crippen molar-refractivity contribution in [2.75, 3.05) is 19.6 Å². The first kappa shape index (κ1) is 10.5. The van der Waals surface area contributed by atoms with E-state index in [2.05, 4.69) is 28.4 Å². The number of amides is 1. The second kappa shape index (κ2) is 2.69. The standard InChI is InChI=1S/C7H12BrNOS2/c1-7(8)5(10)9(2)6(11)12(7,3)4/h1-4H3. The zero-order valence-corrected chi connectivity index (χ0v) is 10.8. The number of rotatable bonds is 0. The SMILES string of the molecule is CN1C(=O)C(C)(Br)S(C)(C)C1=S. The van der Waals surface area contributed by atoms with Gasteiger partial charge in [-0.3, -0.25) is 4.79 Å². The zero-order chi connectivity index (χ0) is 9.73. The van der Waals surface area contributed by atoms with Gasteiger partial charge in [-0.2, -0.15) is 10.0 Å². The Morgan fingerprint density at radius 1 is 1.58 bits per heavy atom. The van der Waals surface area contributed by atoms with E-state index in [1.807, 2.05) is 6.92 Å². The van der Waals surface area contributed by atoms with Crippen LogP contribution in [0, 0.1) is 0 Å². The summed E-state index contributed by atoms with van der Waals surface area (Å²) < 4.78 is 0.318. The molecule has 12 heavy (non-hydrogen) atoms. The molecule has 0 aromatic heterocycles. The average Bonchev–Trinajstić information content (AvgIpc) is 2.05. The van der Waals surface area contributed by atoms with Crippen LogP contribution < -0.4 is 0 Å². The Kier molecular flexibility index (Phi) is 2.34. The lowest BCUT2D eigenvalue weighted by Crippen LogP contribution is -2.31. The maximum absolute atomic E-state index is 11.7. The Bertz CT molecular complexity index is 236. The fourth-order valence-corrected chi connectivity index (χ4v) is 4.41. The predicted octanol–water partition coefficient (Wildman–Crippen LogP) is 1.92. The Balaban J connectivity index is 3.24. The molecule has 0 aromatic rings. The molecule has 0 radical (unpaired) electrons. The van der Waals surface area contributed by atoms with Crippen molar-refractivity contribution < 1.29 is 4.79 Å². The highest BCUT2D eigenvalue weighted by atomic mass is 79.9. The van der Waals surface area contributed by atoms with Crippen molar-refractivity contribution >= 4 is 48.4 Å². The first-order valence-electron chi connectivity index (χ1n) is 3.47. The molecular formula is C7H12BrNOS2. The van der Waals surface area contributed by atoms with Gasteiger partial charge in [0.2, 0.25) is 0 Å². The molecule has 0 saturated carbocycles. The quantitative estimate of drug-likeness (QED) is 0.495. The molecule has 1 aliphatic heterocycles. The van der Waals surface area contributed by atoms with E-state index >= 15 is 0 Å². The van der Waals surface area contributed by atoms with Crippen molar-refractivity contribution in [2.45, 2.75) is 10.6 Å². The normalized spacial score (nSPS) is 37.2. The maximum atomic E-state index is 11.7. The van der Waals surface area contributed by atoms with E-state index in [-0.39, 0.29) is 5.91 Å². The van der Waals surface area contributed by atoms with Gasteiger partial charge in [0.05, 0.1) is 0 Å². The minimum atomic E-state index is -1.18. The summed E-state index contributed by atoms with van der Waals surface area (Å²) in [5.74, 6) is 0.0764. The van der Waals surface area contributed by atoms with Crippen molar-refractivity contribution in [3.8, 4) is 0 Å². The van der Waals surface area contributed by atoms with Crippen molar-refractivity contribution in [3.05, 3.63) is 0 Å². The van der Waals surface area contributed by atoms with Crippen molar-refractivity contribution in [3.63, 3.8) is 0 Å². The highest BCUT2D eigenvalue weighted by Gasteiger charge is 2.53. The Hall–Kier alpha value is 0.390. The van der Waals surface area contributed by atoms with Crippen molar-refractivity contribution in [1.82, 2.24) is 4.90 Å². The van der Waals surface area contributed by atoms with Crippen LogP contribution in [0.2, 0.25) is 0 Å². The van der Waals surface area contributed by atoms with Crippen molar-refractivity contribution in [1.29, 1.82) is 0 Å². The lowest BCUT2D eigenvalue weighted by molar-refractivity contribution is -0.125. The molecule has 0 spiro atoms. The van der Waals surface area contributed by atoms with Gasteiger partial charge in [-0.1, -0.05) is 28.1 Å². The molecule has 1 saturated heterocycles. The third kappa shape index (κ3) is 1.06. The number of halogens is 1. The largest absolute Gasteiger partial charge is 0.300 e. The Morgan fingerprint density at radius 2 is 2.00 bits per heavy atom. The van der Waals surface area contributed by atoms with E-state index in [1.165, 1.54) is 0 Å². The van der Waals surface area contributed by atoms with Gasteiger partial charge in [-0.25, -0.2) is 0 Å². The molecule has 0 aromatic carbocycles. The molecule has 2 nitrogen and oxygen atoms in total. The number of alkyl halides is 1. The van der Waals surface area contributed by atoms with E-state index in [9.17, 15) is 4.79 Å². The molecule has 1 aliphatic rings. The number of thiocarbonyl (C=S) groups is 1. The van der Waals surface area contributed by atoms with Gasteiger partial charge < -0.3 is 4.90 Å². The third-order valence-corrected chi connectivity index (χ3v) is 9.88. The number of carbonyl (C=O) groups excluding carboxylic acids is 1. The van der Waals surface area contributed by atoms with Crippen LogP contribution >= 0.6 is 38.2 Å². The first-order chi connectivity index (χ1) is 5.23. The highest BCUT2D eigenvalue weighted by Crippen LogP contribution is 2.63. The first-order valence-corrected chi connectivity index (χ1v) is 7.12. The monoisotopic (exact) mass is 269 g/mol. The molecule has 1 fully saturated rings. The summed E-state index contributed by atoms with van der Waals surface area (Å²) in [4.78, 5) is 13.2. The summed E-state index contributed by atoms with van der Waals surface area (Å²) in [6.45, 7) is 1.90. The molecule has 1 amide bonds. The molecule has 0 aliphatic carbocycles. The summed E-state index contributed by atoms with van der Waals surface area (Å²) in [6, 6.07) is 0. The summed E-state index contributed by atoms with van der Waals surface area (Å²) >= 11 is 8.68. The fourth-order valence-electron chi connectivity index (χ4n) is 1.11. The second-order valence-electron chi connectivity index (χ2n) is 3.37. The predicted molar refractivity (Wildman–Crippen MR) is 62.1 cm³/mol. The third-order valence-electron chi connectivity index (χ3n) is 2.36. The second-order valence-corrected chi connectivity index (χ2v) is 9.99. The van der Waals surface area contributed by atoms with Gasteiger partial charge >= 0.3 is 0 Å². The zero-order valence-electron chi connectivity index (χ0n) is 7.55. The lowest BCUT2D eigenvalue weighted by atomic mass is 10.4. The fraction of sp³-hybridized carbons (Fsp3) is 0.714. The smallest absolute Gasteiger partial charge is 0.253 e. The van der Waals surface area contributed by atoms with Crippen LogP contribution in [0.4, 0.5) is 0 Å². The Morgan fingerprint density at radius 3 is 2.08 bits per heavy atom. The molecule has 1 unspecified atom stereocenters. The van der Waals surface area contributed by atoms with Crippen LogP contribution in [-0.2, 0) is 4.79 Å². The minimum Gasteiger partial charge on any atom is -0.300 e. The number of hydrogen-bond donors (Lipinski definition) is 0. The van der Waals surface area contributed by atoms with Gasteiger partial charge in [0.15, 0.2) is 0 Å². The van der Waals surface area contributed by atoms with Crippen LogP contribution in [0.1, 0.15) is 6.92 Å². The van der Waals surface area contributed by atoms with E-state index in [0.29, 0.717) is 0 Å². The van der Waals surface area contributed by atoms with Gasteiger partial charge in [-0.05, 0) is 19.4 Å². The number of hydrogen-bond acceptors (Lipinski definition) is 2. The average molecular weight is 270 g/mol. The summed E-state index contributed by atoms with van der Waals surface area (Å²) in [5, 5.41) is 0. The summed E-state index contributed by atoms with van der Waals surface area (Å²) in [5.41, 5.74) is 0.